The molecule has 7 nitrogen and oxygen atoms in total. The van der Waals surface area contributed by atoms with Crippen molar-refractivity contribution in [3.63, 3.8) is 0 Å². The van der Waals surface area contributed by atoms with E-state index in [1.807, 2.05) is 19.9 Å². The van der Waals surface area contributed by atoms with Gasteiger partial charge in [-0.3, -0.25) is 19.2 Å². The largest absolute Gasteiger partial charge is 0.453 e. The fourth-order valence-corrected chi connectivity index (χ4v) is 3.16. The van der Waals surface area contributed by atoms with Crippen LogP contribution in [-0.2, 0) is 9.53 Å². The minimum absolute atomic E-state index is 0.144. The van der Waals surface area contributed by atoms with E-state index in [1.54, 1.807) is 26.0 Å². The Bertz CT molecular complexity index is 987. The summed E-state index contributed by atoms with van der Waals surface area (Å²) in [4.78, 5) is 51.5. The molecule has 1 aromatic heterocycles. The SMILES string of the molecule is CC(=O)c1c(C)[nH]c(C(=O)[C@H](C)OC(=O)CNC(=O)c2ccc(C)c(C)c2)c1C. The normalized spacial score (nSPS) is 11.7. The van der Waals surface area contributed by atoms with Crippen LogP contribution in [0.2, 0.25) is 0 Å². The van der Waals surface area contributed by atoms with Crippen molar-refractivity contribution in [3.05, 3.63) is 57.4 Å². The van der Waals surface area contributed by atoms with E-state index in [0.29, 0.717) is 22.4 Å². The van der Waals surface area contributed by atoms with Gasteiger partial charge in [0.15, 0.2) is 11.9 Å². The molecule has 0 fully saturated rings. The summed E-state index contributed by atoms with van der Waals surface area (Å²) in [5.74, 6) is -1.71. The highest BCUT2D eigenvalue weighted by Crippen LogP contribution is 2.20. The molecular weight excluding hydrogens is 372 g/mol. The first kappa shape index (κ1) is 22.1. The zero-order chi connectivity index (χ0) is 21.9. The van der Waals surface area contributed by atoms with E-state index in [4.69, 9.17) is 4.74 Å². The van der Waals surface area contributed by atoms with Gasteiger partial charge in [-0.05, 0) is 70.4 Å². The lowest BCUT2D eigenvalue weighted by atomic mass is 10.0. The second-order valence-electron chi connectivity index (χ2n) is 7.16. The van der Waals surface area contributed by atoms with Crippen molar-refractivity contribution in [2.24, 2.45) is 0 Å². The summed E-state index contributed by atoms with van der Waals surface area (Å²) in [7, 11) is 0. The standard InChI is InChI=1S/C22H26N2O5/c1-11-7-8-17(9-12(11)2)22(28)23-10-18(26)29-16(6)21(27)20-13(3)19(15(5)25)14(4)24-20/h7-9,16,24H,10H2,1-6H3,(H,23,28)/t16-/m0/s1. The minimum atomic E-state index is -1.06. The first-order valence-electron chi connectivity index (χ1n) is 9.32. The smallest absolute Gasteiger partial charge is 0.326 e. The molecule has 0 saturated carbocycles. The van der Waals surface area contributed by atoms with Gasteiger partial charge in [-0.1, -0.05) is 6.07 Å². The number of carbonyl (C=O) groups excluding carboxylic acids is 4. The van der Waals surface area contributed by atoms with Crippen LogP contribution in [0.25, 0.3) is 0 Å². The van der Waals surface area contributed by atoms with E-state index in [9.17, 15) is 19.2 Å². The third-order valence-electron chi connectivity index (χ3n) is 4.88. The van der Waals surface area contributed by atoms with Crippen LogP contribution in [0.3, 0.4) is 0 Å². The summed E-state index contributed by atoms with van der Waals surface area (Å²) in [6.45, 7) is 9.75. The lowest BCUT2D eigenvalue weighted by Gasteiger charge is -2.13. The molecule has 7 heteroatoms. The Morgan fingerprint density at radius 1 is 1.07 bits per heavy atom. The van der Waals surface area contributed by atoms with Crippen LogP contribution >= 0.6 is 0 Å². The van der Waals surface area contributed by atoms with E-state index >= 15 is 0 Å². The number of amides is 1. The average molecular weight is 398 g/mol. The zero-order valence-electron chi connectivity index (χ0n) is 17.6. The molecule has 0 bridgehead atoms. The molecule has 1 aromatic carbocycles. The van der Waals surface area contributed by atoms with Crippen LogP contribution in [0.15, 0.2) is 18.2 Å². The Kier molecular flexibility index (Phi) is 6.74. The first-order valence-corrected chi connectivity index (χ1v) is 9.32. The van der Waals surface area contributed by atoms with Crippen molar-refractivity contribution < 1.29 is 23.9 Å². The second-order valence-corrected chi connectivity index (χ2v) is 7.16. The predicted octanol–water partition coefficient (Wildman–Crippen LogP) is 3.00. The Hall–Kier alpha value is -3.22. The van der Waals surface area contributed by atoms with Gasteiger partial charge >= 0.3 is 5.97 Å². The van der Waals surface area contributed by atoms with Gasteiger partial charge in [0.1, 0.15) is 6.54 Å². The van der Waals surface area contributed by atoms with Crippen molar-refractivity contribution >= 4 is 23.4 Å². The molecular formula is C22H26N2O5. The van der Waals surface area contributed by atoms with E-state index in [0.717, 1.165) is 11.1 Å². The topological polar surface area (TPSA) is 105 Å². The number of aryl methyl sites for hydroxylation is 3. The number of carbonyl (C=O) groups is 4. The number of esters is 1. The average Bonchev–Trinajstić information content (AvgIpc) is 2.95. The molecule has 2 rings (SSSR count). The Labute approximate surface area is 169 Å². The summed E-state index contributed by atoms with van der Waals surface area (Å²) in [5, 5.41) is 2.49. The summed E-state index contributed by atoms with van der Waals surface area (Å²) in [6.07, 6.45) is -1.06. The van der Waals surface area contributed by atoms with Gasteiger partial charge in [-0.2, -0.15) is 0 Å². The highest BCUT2D eigenvalue weighted by Gasteiger charge is 2.26. The number of hydrogen-bond donors (Lipinski definition) is 2. The molecule has 0 aliphatic carbocycles. The molecule has 0 aliphatic heterocycles. The first-order chi connectivity index (χ1) is 13.5. The lowest BCUT2D eigenvalue weighted by molar-refractivity contribution is -0.145. The van der Waals surface area contributed by atoms with Gasteiger partial charge in [-0.15, -0.1) is 0 Å². The number of nitrogens with one attached hydrogen (secondary N) is 2. The number of ether oxygens (including phenoxy) is 1. The number of aromatic amines is 1. The molecule has 0 aliphatic rings. The summed E-state index contributed by atoms with van der Waals surface area (Å²) in [6, 6.07) is 5.25. The van der Waals surface area contributed by atoms with Gasteiger partial charge in [0.25, 0.3) is 5.91 Å². The molecule has 0 spiro atoms. The highest BCUT2D eigenvalue weighted by molar-refractivity contribution is 6.05. The van der Waals surface area contributed by atoms with Crippen molar-refractivity contribution in [1.82, 2.24) is 10.3 Å². The number of Topliss-reactive ketones (excluding diaryl/α,β-unsaturated/α-hetero) is 2. The molecule has 154 valence electrons. The zero-order valence-corrected chi connectivity index (χ0v) is 17.6. The van der Waals surface area contributed by atoms with Gasteiger partial charge in [-0.25, -0.2) is 0 Å². The minimum Gasteiger partial charge on any atom is -0.453 e. The third kappa shape index (κ3) is 4.99. The van der Waals surface area contributed by atoms with E-state index in [2.05, 4.69) is 10.3 Å². The van der Waals surface area contributed by atoms with Crippen molar-refractivity contribution in [2.75, 3.05) is 6.54 Å². The maximum atomic E-state index is 12.6. The van der Waals surface area contributed by atoms with Crippen molar-refractivity contribution in [2.45, 2.75) is 47.6 Å². The van der Waals surface area contributed by atoms with Crippen LogP contribution in [0.5, 0.6) is 0 Å². The van der Waals surface area contributed by atoms with Crippen LogP contribution < -0.4 is 5.32 Å². The Morgan fingerprint density at radius 2 is 1.72 bits per heavy atom. The van der Waals surface area contributed by atoms with E-state index in [1.165, 1.54) is 13.8 Å². The molecule has 0 radical (unpaired) electrons. The number of rotatable bonds is 7. The number of ketones is 2. The summed E-state index contributed by atoms with van der Waals surface area (Å²) >= 11 is 0. The van der Waals surface area contributed by atoms with E-state index in [-0.39, 0.29) is 18.0 Å². The maximum Gasteiger partial charge on any atom is 0.326 e. The Balaban J connectivity index is 1.97. The molecule has 0 saturated heterocycles. The maximum absolute atomic E-state index is 12.6. The highest BCUT2D eigenvalue weighted by atomic mass is 16.5. The van der Waals surface area contributed by atoms with Gasteiger partial charge < -0.3 is 15.0 Å². The fourth-order valence-electron chi connectivity index (χ4n) is 3.16. The molecule has 1 atom stereocenters. The van der Waals surface area contributed by atoms with Crippen LogP contribution in [-0.4, -0.2) is 41.1 Å². The molecule has 2 N–H and O–H groups in total. The van der Waals surface area contributed by atoms with Crippen LogP contribution in [0.4, 0.5) is 0 Å². The van der Waals surface area contributed by atoms with Gasteiger partial charge in [0.2, 0.25) is 5.78 Å². The third-order valence-corrected chi connectivity index (χ3v) is 4.88. The molecule has 29 heavy (non-hydrogen) atoms. The lowest BCUT2D eigenvalue weighted by Crippen LogP contribution is -2.34. The molecule has 1 heterocycles. The van der Waals surface area contributed by atoms with E-state index < -0.39 is 23.8 Å². The van der Waals surface area contributed by atoms with Gasteiger partial charge in [0.05, 0.1) is 5.69 Å². The summed E-state index contributed by atoms with van der Waals surface area (Å²) < 4.78 is 5.15. The number of aromatic nitrogens is 1. The molecule has 1 amide bonds. The summed E-state index contributed by atoms with van der Waals surface area (Å²) in [5.41, 5.74) is 4.32. The number of hydrogen-bond acceptors (Lipinski definition) is 5. The van der Waals surface area contributed by atoms with Gasteiger partial charge in [0, 0.05) is 16.8 Å². The van der Waals surface area contributed by atoms with Crippen LogP contribution in [0.1, 0.15) is 67.4 Å². The van der Waals surface area contributed by atoms with Crippen molar-refractivity contribution in [3.8, 4) is 0 Å². The Morgan fingerprint density at radius 3 is 2.28 bits per heavy atom. The van der Waals surface area contributed by atoms with Crippen molar-refractivity contribution in [1.29, 1.82) is 0 Å². The fraction of sp³-hybridized carbons (Fsp3) is 0.364. The number of H-pyrrole nitrogens is 1. The monoisotopic (exact) mass is 398 g/mol. The quantitative estimate of drug-likeness (QED) is 0.551. The predicted molar refractivity (Wildman–Crippen MR) is 108 cm³/mol. The second kappa shape index (κ2) is 8.86. The van der Waals surface area contributed by atoms with Crippen LogP contribution in [0, 0.1) is 27.7 Å². The molecule has 0 unspecified atom stereocenters. The molecule has 2 aromatic rings. The number of benzene rings is 1.